The first-order chi connectivity index (χ1) is 14.8. The second-order valence-electron chi connectivity index (χ2n) is 7.48. The van der Waals surface area contributed by atoms with Crippen LogP contribution in [-0.2, 0) is 0 Å². The summed E-state index contributed by atoms with van der Waals surface area (Å²) in [7, 11) is 0. The molecule has 2 aromatic carbocycles. The average Bonchev–Trinajstić information content (AvgIpc) is 3.24. The molecule has 4 aromatic rings. The number of anilines is 1. The van der Waals surface area contributed by atoms with Gasteiger partial charge < -0.3 is 10.2 Å². The third-order valence-electron chi connectivity index (χ3n) is 5.40. The summed E-state index contributed by atoms with van der Waals surface area (Å²) in [6, 6.07) is 23.3. The van der Waals surface area contributed by atoms with Crippen LogP contribution in [0, 0.1) is 0 Å². The molecular weight excluding hydrogens is 376 g/mol. The van der Waals surface area contributed by atoms with Crippen molar-refractivity contribution in [1.82, 2.24) is 25.1 Å². The van der Waals surface area contributed by atoms with E-state index in [4.69, 9.17) is 5.10 Å². The van der Waals surface area contributed by atoms with Gasteiger partial charge in [-0.15, -0.1) is 15.3 Å². The fraction of sp³-hybridized carbons (Fsp3) is 0.217. The topological polar surface area (TPSA) is 75.4 Å². The van der Waals surface area contributed by atoms with Gasteiger partial charge in [0.05, 0.1) is 0 Å². The normalized spacial score (nSPS) is 16.5. The van der Waals surface area contributed by atoms with Gasteiger partial charge in [-0.1, -0.05) is 48.5 Å². The summed E-state index contributed by atoms with van der Waals surface area (Å²) in [6.07, 6.45) is 1.95. The molecule has 0 bridgehead atoms. The zero-order chi connectivity index (χ0) is 20.3. The van der Waals surface area contributed by atoms with Gasteiger partial charge in [-0.3, -0.25) is 4.79 Å². The van der Waals surface area contributed by atoms with Crippen LogP contribution >= 0.6 is 0 Å². The average molecular weight is 398 g/mol. The van der Waals surface area contributed by atoms with Gasteiger partial charge in [0.2, 0.25) is 0 Å². The molecule has 0 radical (unpaired) electrons. The highest BCUT2D eigenvalue weighted by Gasteiger charge is 2.23. The van der Waals surface area contributed by atoms with E-state index in [0.29, 0.717) is 11.2 Å². The minimum atomic E-state index is -0.0314. The number of hydrogen-bond acceptors (Lipinski definition) is 5. The van der Waals surface area contributed by atoms with Gasteiger partial charge in [0.25, 0.3) is 5.91 Å². The van der Waals surface area contributed by atoms with Crippen molar-refractivity contribution in [3.8, 4) is 11.4 Å². The molecule has 7 heteroatoms. The highest BCUT2D eigenvalue weighted by atomic mass is 16.1. The lowest BCUT2D eigenvalue weighted by molar-refractivity contribution is 0.0933. The number of rotatable bonds is 4. The maximum atomic E-state index is 12.5. The molecule has 1 unspecified atom stereocenters. The van der Waals surface area contributed by atoms with Crippen LogP contribution in [-0.4, -0.2) is 44.8 Å². The predicted molar refractivity (Wildman–Crippen MR) is 115 cm³/mol. The van der Waals surface area contributed by atoms with Gasteiger partial charge in [0, 0.05) is 30.3 Å². The van der Waals surface area contributed by atoms with Crippen molar-refractivity contribution >= 4 is 17.4 Å². The van der Waals surface area contributed by atoms with Gasteiger partial charge in [-0.05, 0) is 37.1 Å². The standard InChI is InChI=1S/C23H22N6O/c30-23(18-10-5-2-6-11-18)24-19-12-7-15-28(16-19)21-14-13-20-25-26-22(29(20)27-21)17-8-3-1-4-9-17/h1-6,8-11,13-14,19H,7,12,15-16H2,(H,24,30). The first-order valence-corrected chi connectivity index (χ1v) is 10.2. The van der Waals surface area contributed by atoms with Crippen LogP contribution < -0.4 is 10.2 Å². The van der Waals surface area contributed by atoms with Crippen molar-refractivity contribution in [3.63, 3.8) is 0 Å². The maximum absolute atomic E-state index is 12.5. The van der Waals surface area contributed by atoms with E-state index >= 15 is 0 Å². The number of benzene rings is 2. The van der Waals surface area contributed by atoms with Crippen LogP contribution in [0.2, 0.25) is 0 Å². The van der Waals surface area contributed by atoms with Gasteiger partial charge >= 0.3 is 0 Å². The van der Waals surface area contributed by atoms with Crippen LogP contribution in [0.3, 0.4) is 0 Å². The number of aromatic nitrogens is 4. The number of piperidine rings is 1. The lowest BCUT2D eigenvalue weighted by atomic mass is 10.0. The Kier molecular flexibility index (Phi) is 4.85. The molecule has 1 saturated heterocycles. The molecule has 30 heavy (non-hydrogen) atoms. The summed E-state index contributed by atoms with van der Waals surface area (Å²) in [4.78, 5) is 14.7. The third-order valence-corrected chi connectivity index (χ3v) is 5.40. The fourth-order valence-electron chi connectivity index (χ4n) is 3.88. The van der Waals surface area contributed by atoms with Gasteiger partial charge in [0.1, 0.15) is 5.82 Å². The molecule has 1 fully saturated rings. The summed E-state index contributed by atoms with van der Waals surface area (Å²) >= 11 is 0. The van der Waals surface area contributed by atoms with E-state index in [0.717, 1.165) is 43.1 Å². The van der Waals surface area contributed by atoms with E-state index < -0.39 is 0 Å². The Hall–Kier alpha value is -3.74. The molecule has 0 aliphatic carbocycles. The molecule has 5 rings (SSSR count). The van der Waals surface area contributed by atoms with Crippen molar-refractivity contribution in [1.29, 1.82) is 0 Å². The van der Waals surface area contributed by atoms with E-state index in [1.807, 2.05) is 72.8 Å². The monoisotopic (exact) mass is 398 g/mol. The quantitative estimate of drug-likeness (QED) is 0.571. The highest BCUT2D eigenvalue weighted by Crippen LogP contribution is 2.22. The third kappa shape index (κ3) is 3.61. The molecular formula is C23H22N6O. The first-order valence-electron chi connectivity index (χ1n) is 10.2. The van der Waals surface area contributed by atoms with Gasteiger partial charge in [-0.2, -0.15) is 4.52 Å². The van der Waals surface area contributed by atoms with Crippen molar-refractivity contribution < 1.29 is 4.79 Å². The maximum Gasteiger partial charge on any atom is 0.251 e. The molecule has 1 amide bonds. The van der Waals surface area contributed by atoms with E-state index in [-0.39, 0.29) is 11.9 Å². The number of nitrogens with zero attached hydrogens (tertiary/aromatic N) is 5. The summed E-state index contributed by atoms with van der Waals surface area (Å²) in [5.41, 5.74) is 2.37. The number of carbonyl (C=O) groups is 1. The summed E-state index contributed by atoms with van der Waals surface area (Å²) < 4.78 is 1.79. The minimum absolute atomic E-state index is 0.0314. The highest BCUT2D eigenvalue weighted by molar-refractivity contribution is 5.94. The van der Waals surface area contributed by atoms with Crippen molar-refractivity contribution in [2.24, 2.45) is 0 Å². The van der Waals surface area contributed by atoms with Crippen LogP contribution in [0.25, 0.3) is 17.0 Å². The fourth-order valence-corrected chi connectivity index (χ4v) is 3.88. The zero-order valence-electron chi connectivity index (χ0n) is 16.5. The molecule has 1 atom stereocenters. The number of amides is 1. The lowest BCUT2D eigenvalue weighted by Gasteiger charge is -2.33. The van der Waals surface area contributed by atoms with E-state index in [2.05, 4.69) is 20.4 Å². The summed E-state index contributed by atoms with van der Waals surface area (Å²) in [5, 5.41) is 16.5. The minimum Gasteiger partial charge on any atom is -0.353 e. The number of nitrogens with one attached hydrogen (secondary N) is 1. The molecule has 1 aliphatic heterocycles. The molecule has 3 heterocycles. The van der Waals surface area contributed by atoms with Crippen LogP contribution in [0.1, 0.15) is 23.2 Å². The van der Waals surface area contributed by atoms with Crippen LogP contribution in [0.4, 0.5) is 5.82 Å². The van der Waals surface area contributed by atoms with E-state index in [9.17, 15) is 4.79 Å². The summed E-state index contributed by atoms with van der Waals surface area (Å²) in [5.74, 6) is 1.55. The largest absolute Gasteiger partial charge is 0.353 e. The Labute approximate surface area is 174 Å². The van der Waals surface area contributed by atoms with Gasteiger partial charge in [-0.25, -0.2) is 0 Å². The van der Waals surface area contributed by atoms with Gasteiger partial charge in [0.15, 0.2) is 11.5 Å². The molecule has 1 N–H and O–H groups in total. The second-order valence-corrected chi connectivity index (χ2v) is 7.48. The molecule has 7 nitrogen and oxygen atoms in total. The Morgan fingerprint density at radius 1 is 0.933 bits per heavy atom. The van der Waals surface area contributed by atoms with Crippen molar-refractivity contribution in [3.05, 3.63) is 78.4 Å². The summed E-state index contributed by atoms with van der Waals surface area (Å²) in [6.45, 7) is 1.62. The number of hydrogen-bond donors (Lipinski definition) is 1. The van der Waals surface area contributed by atoms with E-state index in [1.165, 1.54) is 0 Å². The Balaban J connectivity index is 1.36. The molecule has 2 aromatic heterocycles. The molecule has 0 spiro atoms. The lowest BCUT2D eigenvalue weighted by Crippen LogP contribution is -2.48. The second kappa shape index (κ2) is 7.94. The first kappa shape index (κ1) is 18.3. The van der Waals surface area contributed by atoms with Crippen molar-refractivity contribution in [2.45, 2.75) is 18.9 Å². The van der Waals surface area contributed by atoms with Crippen molar-refractivity contribution in [2.75, 3.05) is 18.0 Å². The smallest absolute Gasteiger partial charge is 0.251 e. The number of carbonyl (C=O) groups excluding carboxylic acids is 1. The molecule has 0 saturated carbocycles. The van der Waals surface area contributed by atoms with Crippen LogP contribution in [0.15, 0.2) is 72.8 Å². The van der Waals surface area contributed by atoms with E-state index in [1.54, 1.807) is 4.52 Å². The molecule has 150 valence electrons. The SMILES string of the molecule is O=C(NC1CCCN(c2ccc3nnc(-c4ccccc4)n3n2)C1)c1ccccc1. The predicted octanol–water partition coefficient (Wildman–Crippen LogP) is 3.19. The number of fused-ring (bicyclic) bond motifs is 1. The Bertz CT molecular complexity index is 1160. The Morgan fingerprint density at radius 3 is 2.50 bits per heavy atom. The molecule has 1 aliphatic rings. The zero-order valence-corrected chi connectivity index (χ0v) is 16.5. The Morgan fingerprint density at radius 2 is 1.70 bits per heavy atom. The van der Waals surface area contributed by atoms with Crippen LogP contribution in [0.5, 0.6) is 0 Å².